The van der Waals surface area contributed by atoms with Crippen molar-refractivity contribution in [3.63, 3.8) is 0 Å². The molecule has 1 amide bonds. The van der Waals surface area contributed by atoms with Crippen molar-refractivity contribution < 1.29 is 14.3 Å². The van der Waals surface area contributed by atoms with Gasteiger partial charge in [-0.15, -0.1) is 0 Å². The summed E-state index contributed by atoms with van der Waals surface area (Å²) >= 11 is 0. The average molecular weight is 235 g/mol. The molecule has 2 rings (SSSR count). The summed E-state index contributed by atoms with van der Waals surface area (Å²) in [7, 11) is 1.35. The number of carbonyl (C=O) groups excluding carboxylic acids is 2. The van der Waals surface area contributed by atoms with Gasteiger partial charge in [-0.05, 0) is 12.8 Å². The van der Waals surface area contributed by atoms with Crippen molar-refractivity contribution in [2.75, 3.05) is 18.6 Å². The summed E-state index contributed by atoms with van der Waals surface area (Å²) in [6.45, 7) is 0.294. The highest BCUT2D eigenvalue weighted by atomic mass is 16.5. The molecule has 0 radical (unpaired) electrons. The van der Waals surface area contributed by atoms with Gasteiger partial charge in [0.15, 0.2) is 5.82 Å². The monoisotopic (exact) mass is 235 g/mol. The fraction of sp³-hybridized carbons (Fsp3) is 0.455. The fourth-order valence-corrected chi connectivity index (χ4v) is 1.95. The number of amides is 1. The van der Waals surface area contributed by atoms with E-state index in [-0.39, 0.29) is 11.9 Å². The van der Waals surface area contributed by atoms with Gasteiger partial charge >= 0.3 is 5.97 Å². The number of aryl methyl sites for hydroxylation is 1. The van der Waals surface area contributed by atoms with Crippen LogP contribution < -0.4 is 4.90 Å². The predicted octanol–water partition coefficient (Wildman–Crippen LogP) is 0.175. The number of ether oxygens (including phenoxy) is 1. The summed E-state index contributed by atoms with van der Waals surface area (Å²) in [5, 5.41) is 0. The van der Waals surface area contributed by atoms with Crippen LogP contribution in [0.2, 0.25) is 0 Å². The molecular weight excluding hydrogens is 222 g/mol. The Labute approximate surface area is 98.6 Å². The number of fused-ring (bicyclic) bond motifs is 1. The summed E-state index contributed by atoms with van der Waals surface area (Å²) in [5.41, 5.74) is 0.742. The molecule has 1 aromatic heterocycles. The van der Waals surface area contributed by atoms with Crippen molar-refractivity contribution >= 4 is 18.2 Å². The molecule has 0 N–H and O–H groups in total. The number of hydrogen-bond acceptors (Lipinski definition) is 5. The third-order valence-corrected chi connectivity index (χ3v) is 2.83. The maximum atomic E-state index is 11.5. The lowest BCUT2D eigenvalue weighted by molar-refractivity contribution is -0.145. The Balaban J connectivity index is 2.29. The summed E-state index contributed by atoms with van der Waals surface area (Å²) in [6, 6.07) is 0. The van der Waals surface area contributed by atoms with Crippen LogP contribution in [0.5, 0.6) is 0 Å². The van der Waals surface area contributed by atoms with Crippen molar-refractivity contribution in [3.05, 3.63) is 18.1 Å². The minimum Gasteiger partial charge on any atom is -0.469 e. The number of hydrogen-bond donors (Lipinski definition) is 0. The molecule has 0 saturated heterocycles. The summed E-state index contributed by atoms with van der Waals surface area (Å²) in [5.74, 6) is -0.0836. The molecule has 1 atom stereocenters. The molecule has 2 heterocycles. The largest absolute Gasteiger partial charge is 0.469 e. The predicted molar refractivity (Wildman–Crippen MR) is 59.3 cm³/mol. The van der Waals surface area contributed by atoms with Crippen LogP contribution in [0.15, 0.2) is 12.4 Å². The lowest BCUT2D eigenvalue weighted by Gasteiger charge is -2.18. The highest BCUT2D eigenvalue weighted by molar-refractivity contribution is 5.79. The number of nitrogens with zero attached hydrogens (tertiary/aromatic N) is 3. The molecule has 0 bridgehead atoms. The normalized spacial score (nSPS) is 19.1. The summed E-state index contributed by atoms with van der Waals surface area (Å²) in [4.78, 5) is 32.3. The van der Waals surface area contributed by atoms with E-state index in [4.69, 9.17) is 4.74 Å². The van der Waals surface area contributed by atoms with Gasteiger partial charge in [-0.2, -0.15) is 0 Å². The van der Waals surface area contributed by atoms with Crippen LogP contribution in [0, 0.1) is 5.92 Å². The second-order valence-electron chi connectivity index (χ2n) is 3.84. The maximum Gasteiger partial charge on any atom is 0.310 e. The molecule has 0 aliphatic carbocycles. The number of methoxy groups -OCH3 is 1. The van der Waals surface area contributed by atoms with E-state index in [0.29, 0.717) is 31.6 Å². The molecule has 1 unspecified atom stereocenters. The Bertz CT molecular complexity index is 436. The molecular formula is C11H13N3O3. The van der Waals surface area contributed by atoms with E-state index >= 15 is 0 Å². The first-order chi connectivity index (χ1) is 8.26. The van der Waals surface area contributed by atoms with Crippen molar-refractivity contribution in [3.8, 4) is 0 Å². The van der Waals surface area contributed by atoms with Gasteiger partial charge in [0.25, 0.3) is 0 Å². The molecule has 1 aliphatic rings. The molecule has 17 heavy (non-hydrogen) atoms. The quantitative estimate of drug-likeness (QED) is 0.540. The highest BCUT2D eigenvalue weighted by Gasteiger charge is 2.28. The number of carbonyl (C=O) groups is 2. The first-order valence-corrected chi connectivity index (χ1v) is 5.36. The molecule has 0 aromatic carbocycles. The second-order valence-corrected chi connectivity index (χ2v) is 3.84. The molecule has 1 aromatic rings. The van der Waals surface area contributed by atoms with Crippen LogP contribution in [-0.4, -0.2) is 36.0 Å². The first kappa shape index (κ1) is 11.5. The minimum atomic E-state index is -0.318. The zero-order valence-electron chi connectivity index (χ0n) is 9.50. The van der Waals surface area contributed by atoms with E-state index in [1.807, 2.05) is 0 Å². The standard InChI is InChI=1S/C11H13N3O3/c1-17-11(16)8-2-3-9-10(13-5-4-12-9)14(6-8)7-15/h4-5,7-8H,2-3,6H2,1H3. The van der Waals surface area contributed by atoms with Gasteiger partial charge in [0.05, 0.1) is 18.7 Å². The Kier molecular flexibility index (Phi) is 3.32. The van der Waals surface area contributed by atoms with Gasteiger partial charge < -0.3 is 4.74 Å². The van der Waals surface area contributed by atoms with Gasteiger partial charge in [0.1, 0.15) is 0 Å². The Hall–Kier alpha value is -1.98. The summed E-state index contributed by atoms with van der Waals surface area (Å²) < 4.78 is 4.71. The van der Waals surface area contributed by atoms with Crippen LogP contribution in [0.1, 0.15) is 12.1 Å². The van der Waals surface area contributed by atoms with Crippen molar-refractivity contribution in [2.24, 2.45) is 5.92 Å². The van der Waals surface area contributed by atoms with Gasteiger partial charge in [-0.25, -0.2) is 4.98 Å². The smallest absolute Gasteiger partial charge is 0.310 e. The zero-order valence-corrected chi connectivity index (χ0v) is 9.50. The molecule has 0 saturated carbocycles. The topological polar surface area (TPSA) is 72.4 Å². The lowest BCUT2D eigenvalue weighted by atomic mass is 10.0. The molecule has 0 spiro atoms. The van der Waals surface area contributed by atoms with Crippen LogP contribution in [0.25, 0.3) is 0 Å². The third kappa shape index (κ3) is 2.25. The van der Waals surface area contributed by atoms with Gasteiger partial charge in [-0.3, -0.25) is 19.5 Å². The Morgan fingerprint density at radius 2 is 2.29 bits per heavy atom. The van der Waals surface area contributed by atoms with E-state index in [9.17, 15) is 9.59 Å². The SMILES string of the molecule is COC(=O)C1CCc2nccnc2N(C=O)C1. The molecule has 6 heteroatoms. The molecule has 0 fully saturated rings. The van der Waals surface area contributed by atoms with Gasteiger partial charge in [-0.1, -0.05) is 0 Å². The first-order valence-electron chi connectivity index (χ1n) is 5.36. The molecule has 6 nitrogen and oxygen atoms in total. The highest BCUT2D eigenvalue weighted by Crippen LogP contribution is 2.24. The minimum absolute atomic E-state index is 0.294. The van der Waals surface area contributed by atoms with E-state index in [2.05, 4.69) is 9.97 Å². The van der Waals surface area contributed by atoms with E-state index in [1.165, 1.54) is 18.2 Å². The van der Waals surface area contributed by atoms with Gasteiger partial charge in [0.2, 0.25) is 6.41 Å². The van der Waals surface area contributed by atoms with Crippen molar-refractivity contribution in [1.29, 1.82) is 0 Å². The number of aromatic nitrogens is 2. The lowest BCUT2D eigenvalue weighted by Crippen LogP contribution is -2.32. The van der Waals surface area contributed by atoms with Crippen molar-refractivity contribution in [1.82, 2.24) is 9.97 Å². The summed E-state index contributed by atoms with van der Waals surface area (Å²) in [6.07, 6.45) is 5.03. The second kappa shape index (κ2) is 4.90. The average Bonchev–Trinajstić information content (AvgIpc) is 2.57. The Morgan fingerprint density at radius 1 is 1.53 bits per heavy atom. The van der Waals surface area contributed by atoms with Crippen molar-refractivity contribution in [2.45, 2.75) is 12.8 Å². The van der Waals surface area contributed by atoms with E-state index in [1.54, 1.807) is 6.20 Å². The van der Waals surface area contributed by atoms with Crippen LogP contribution in [0.4, 0.5) is 5.82 Å². The Morgan fingerprint density at radius 3 is 3.00 bits per heavy atom. The fourth-order valence-electron chi connectivity index (χ4n) is 1.95. The number of anilines is 1. The number of esters is 1. The maximum absolute atomic E-state index is 11.5. The number of rotatable bonds is 2. The van der Waals surface area contributed by atoms with Crippen LogP contribution in [0.3, 0.4) is 0 Å². The van der Waals surface area contributed by atoms with Crippen LogP contribution >= 0.6 is 0 Å². The van der Waals surface area contributed by atoms with E-state index in [0.717, 1.165) is 5.69 Å². The zero-order chi connectivity index (χ0) is 12.3. The molecule has 90 valence electrons. The molecule has 1 aliphatic heterocycles. The van der Waals surface area contributed by atoms with E-state index < -0.39 is 0 Å². The van der Waals surface area contributed by atoms with Gasteiger partial charge in [0, 0.05) is 18.9 Å². The van der Waals surface area contributed by atoms with Crippen LogP contribution in [-0.2, 0) is 20.7 Å². The third-order valence-electron chi connectivity index (χ3n) is 2.83.